The van der Waals surface area contributed by atoms with Crippen LogP contribution < -0.4 is 10.2 Å². The van der Waals surface area contributed by atoms with E-state index in [1.54, 1.807) is 0 Å². The zero-order valence-electron chi connectivity index (χ0n) is 13.2. The molecular formula is C17H22N4O2. The van der Waals surface area contributed by atoms with E-state index in [4.69, 9.17) is 19.4 Å². The van der Waals surface area contributed by atoms with Crippen LogP contribution in [0.3, 0.4) is 0 Å². The number of hydrogen-bond acceptors (Lipinski definition) is 6. The van der Waals surface area contributed by atoms with Crippen molar-refractivity contribution in [2.24, 2.45) is 0 Å². The van der Waals surface area contributed by atoms with Crippen molar-refractivity contribution in [3.63, 3.8) is 0 Å². The topological polar surface area (TPSA) is 59.5 Å². The Bertz CT molecular complexity index is 667. The standard InChI is InChI=1S/C17H22N4O2/c1-2-6-15-14(5-1)16(18-12-13-4-3-9-23-13)20-17(19-15)21-7-10-22-11-8-21/h1-2,5-6,13H,3-4,7-12H2,(H,18,19,20)/t13-/m1/s1. The monoisotopic (exact) mass is 314 g/mol. The van der Waals surface area contributed by atoms with Gasteiger partial charge < -0.3 is 19.7 Å². The maximum Gasteiger partial charge on any atom is 0.228 e. The predicted molar refractivity (Wildman–Crippen MR) is 90.0 cm³/mol. The molecular weight excluding hydrogens is 292 g/mol. The minimum absolute atomic E-state index is 0.288. The smallest absolute Gasteiger partial charge is 0.228 e. The molecule has 1 aromatic carbocycles. The third-order valence-corrected chi connectivity index (χ3v) is 4.41. The summed E-state index contributed by atoms with van der Waals surface area (Å²) >= 11 is 0. The fourth-order valence-electron chi connectivity index (χ4n) is 3.12. The molecule has 6 nitrogen and oxygen atoms in total. The van der Waals surface area contributed by atoms with Gasteiger partial charge in [-0.25, -0.2) is 4.98 Å². The molecule has 0 unspecified atom stereocenters. The normalized spacial score (nSPS) is 21.7. The first-order valence-corrected chi connectivity index (χ1v) is 8.35. The highest BCUT2D eigenvalue weighted by Crippen LogP contribution is 2.24. The second kappa shape index (κ2) is 6.68. The molecule has 23 heavy (non-hydrogen) atoms. The minimum atomic E-state index is 0.288. The number of para-hydroxylation sites is 1. The Labute approximate surface area is 135 Å². The van der Waals surface area contributed by atoms with E-state index in [1.165, 1.54) is 0 Å². The molecule has 0 amide bonds. The first-order chi connectivity index (χ1) is 11.4. The van der Waals surface area contributed by atoms with Crippen molar-refractivity contribution in [2.45, 2.75) is 18.9 Å². The second-order valence-electron chi connectivity index (χ2n) is 6.00. The molecule has 0 radical (unpaired) electrons. The lowest BCUT2D eigenvalue weighted by atomic mass is 10.2. The van der Waals surface area contributed by atoms with Crippen molar-refractivity contribution in [3.8, 4) is 0 Å². The number of nitrogens with zero attached hydrogens (tertiary/aromatic N) is 3. The van der Waals surface area contributed by atoms with Gasteiger partial charge in [0.1, 0.15) is 5.82 Å². The number of anilines is 2. The maximum absolute atomic E-state index is 5.70. The first-order valence-electron chi connectivity index (χ1n) is 8.35. The summed E-state index contributed by atoms with van der Waals surface area (Å²) in [5.74, 6) is 1.68. The van der Waals surface area contributed by atoms with E-state index in [-0.39, 0.29) is 6.10 Å². The van der Waals surface area contributed by atoms with Crippen molar-refractivity contribution >= 4 is 22.7 Å². The molecule has 0 aliphatic carbocycles. The van der Waals surface area contributed by atoms with E-state index >= 15 is 0 Å². The molecule has 1 atom stereocenters. The molecule has 6 heteroatoms. The molecule has 2 aliphatic heterocycles. The molecule has 1 N–H and O–H groups in total. The number of morpholine rings is 1. The largest absolute Gasteiger partial charge is 0.378 e. The van der Waals surface area contributed by atoms with Gasteiger partial charge >= 0.3 is 0 Å². The number of nitrogens with one attached hydrogen (secondary N) is 1. The molecule has 0 bridgehead atoms. The van der Waals surface area contributed by atoms with Crippen molar-refractivity contribution < 1.29 is 9.47 Å². The van der Waals surface area contributed by atoms with Gasteiger partial charge in [-0.05, 0) is 25.0 Å². The van der Waals surface area contributed by atoms with Crippen LogP contribution in [0, 0.1) is 0 Å². The molecule has 2 aromatic rings. The van der Waals surface area contributed by atoms with Crippen molar-refractivity contribution in [3.05, 3.63) is 24.3 Å². The lowest BCUT2D eigenvalue weighted by molar-refractivity contribution is 0.120. The summed E-state index contributed by atoms with van der Waals surface area (Å²) in [5, 5.41) is 4.53. The van der Waals surface area contributed by atoms with Gasteiger partial charge in [0.05, 0.1) is 24.8 Å². The number of ether oxygens (including phenoxy) is 2. The van der Waals surface area contributed by atoms with Crippen molar-refractivity contribution in [2.75, 3.05) is 49.7 Å². The van der Waals surface area contributed by atoms with Gasteiger partial charge in [-0.1, -0.05) is 12.1 Å². The number of benzene rings is 1. The number of aromatic nitrogens is 2. The summed E-state index contributed by atoms with van der Waals surface area (Å²) in [5.41, 5.74) is 0.971. The van der Waals surface area contributed by atoms with Crippen LogP contribution >= 0.6 is 0 Å². The zero-order valence-corrected chi connectivity index (χ0v) is 13.2. The number of rotatable bonds is 4. The highest BCUT2D eigenvalue weighted by Gasteiger charge is 2.18. The molecule has 0 spiro atoms. The molecule has 0 saturated carbocycles. The second-order valence-corrected chi connectivity index (χ2v) is 6.00. The van der Waals surface area contributed by atoms with Crippen LogP contribution in [0.2, 0.25) is 0 Å². The highest BCUT2D eigenvalue weighted by molar-refractivity contribution is 5.90. The van der Waals surface area contributed by atoms with Crippen molar-refractivity contribution in [1.82, 2.24) is 9.97 Å². The Morgan fingerprint density at radius 1 is 1.13 bits per heavy atom. The first kappa shape index (κ1) is 14.7. The molecule has 122 valence electrons. The molecule has 2 aliphatic rings. The van der Waals surface area contributed by atoms with E-state index < -0.39 is 0 Å². The Hall–Kier alpha value is -1.92. The summed E-state index contributed by atoms with van der Waals surface area (Å²) in [4.78, 5) is 11.7. The van der Waals surface area contributed by atoms with Crippen LogP contribution in [-0.4, -0.2) is 55.5 Å². The highest BCUT2D eigenvalue weighted by atomic mass is 16.5. The van der Waals surface area contributed by atoms with Gasteiger partial charge in [-0.3, -0.25) is 0 Å². The summed E-state index contributed by atoms with van der Waals surface area (Å²) in [7, 11) is 0. The zero-order chi connectivity index (χ0) is 15.5. The predicted octanol–water partition coefficient (Wildman–Crippen LogP) is 2.06. The summed E-state index contributed by atoms with van der Waals surface area (Å²) in [6.07, 6.45) is 2.55. The molecule has 2 fully saturated rings. The Morgan fingerprint density at radius 2 is 2.00 bits per heavy atom. The minimum Gasteiger partial charge on any atom is -0.378 e. The molecule has 1 aromatic heterocycles. The van der Waals surface area contributed by atoms with E-state index in [2.05, 4.69) is 16.3 Å². The Kier molecular flexibility index (Phi) is 4.26. The van der Waals surface area contributed by atoms with E-state index in [0.29, 0.717) is 0 Å². The van der Waals surface area contributed by atoms with Crippen LogP contribution in [0.4, 0.5) is 11.8 Å². The fourth-order valence-corrected chi connectivity index (χ4v) is 3.12. The van der Waals surface area contributed by atoms with E-state index in [0.717, 1.165) is 75.0 Å². The number of hydrogen-bond donors (Lipinski definition) is 1. The van der Waals surface area contributed by atoms with Crippen LogP contribution in [0.25, 0.3) is 10.9 Å². The SMILES string of the molecule is c1ccc2c(NC[C@H]3CCCO3)nc(N3CCOCC3)nc2c1. The van der Waals surface area contributed by atoms with Crippen LogP contribution in [0.1, 0.15) is 12.8 Å². The van der Waals surface area contributed by atoms with Gasteiger partial charge in [-0.2, -0.15) is 4.98 Å². The van der Waals surface area contributed by atoms with E-state index in [1.807, 2.05) is 18.2 Å². The van der Waals surface area contributed by atoms with Crippen LogP contribution in [0.5, 0.6) is 0 Å². The fraction of sp³-hybridized carbons (Fsp3) is 0.529. The quantitative estimate of drug-likeness (QED) is 0.932. The molecule has 3 heterocycles. The van der Waals surface area contributed by atoms with Gasteiger partial charge in [0.15, 0.2) is 0 Å². The lowest BCUT2D eigenvalue weighted by Crippen LogP contribution is -2.37. The van der Waals surface area contributed by atoms with Crippen LogP contribution in [-0.2, 0) is 9.47 Å². The lowest BCUT2D eigenvalue weighted by Gasteiger charge is -2.27. The summed E-state index contributed by atoms with van der Waals surface area (Å²) < 4.78 is 11.1. The Morgan fingerprint density at radius 3 is 2.83 bits per heavy atom. The van der Waals surface area contributed by atoms with Gasteiger partial charge in [0.25, 0.3) is 0 Å². The van der Waals surface area contributed by atoms with Gasteiger partial charge in [-0.15, -0.1) is 0 Å². The Balaban J connectivity index is 1.62. The van der Waals surface area contributed by atoms with Gasteiger partial charge in [0.2, 0.25) is 5.95 Å². The average molecular weight is 314 g/mol. The molecule has 2 saturated heterocycles. The van der Waals surface area contributed by atoms with Crippen LogP contribution in [0.15, 0.2) is 24.3 Å². The van der Waals surface area contributed by atoms with E-state index in [9.17, 15) is 0 Å². The summed E-state index contributed by atoms with van der Waals surface area (Å²) in [6, 6.07) is 8.15. The molecule has 4 rings (SSSR count). The maximum atomic E-state index is 5.70. The number of fused-ring (bicyclic) bond motifs is 1. The van der Waals surface area contributed by atoms with Crippen molar-refractivity contribution in [1.29, 1.82) is 0 Å². The van der Waals surface area contributed by atoms with Gasteiger partial charge in [0, 0.05) is 31.6 Å². The third-order valence-electron chi connectivity index (χ3n) is 4.41. The summed E-state index contributed by atoms with van der Waals surface area (Å²) in [6.45, 7) is 4.80. The average Bonchev–Trinajstić information content (AvgIpc) is 3.14. The third kappa shape index (κ3) is 3.23.